The normalized spacial score (nSPS) is 11.9. The first-order valence-electron chi connectivity index (χ1n) is 7.36. The van der Waals surface area contributed by atoms with Crippen LogP contribution in [0, 0.1) is 6.92 Å². The molecule has 0 unspecified atom stereocenters. The summed E-state index contributed by atoms with van der Waals surface area (Å²) < 4.78 is 35.0. The largest absolute Gasteiger partial charge is 0.383 e. The van der Waals surface area contributed by atoms with Crippen molar-refractivity contribution in [2.24, 2.45) is 0 Å². The second-order valence-corrected chi connectivity index (χ2v) is 7.82. The van der Waals surface area contributed by atoms with Crippen molar-refractivity contribution in [3.8, 4) is 11.3 Å². The van der Waals surface area contributed by atoms with Crippen molar-refractivity contribution in [2.75, 3.05) is 5.73 Å². The highest BCUT2D eigenvalue weighted by molar-refractivity contribution is 7.90. The Hall–Kier alpha value is -2.78. The molecular weight excluding hydrogens is 358 g/mol. The van der Waals surface area contributed by atoms with Crippen molar-refractivity contribution < 1.29 is 8.42 Å². The Morgan fingerprint density at radius 2 is 1.84 bits per heavy atom. The number of rotatable bonds is 3. The highest BCUT2D eigenvalue weighted by atomic mass is 32.2. The van der Waals surface area contributed by atoms with E-state index in [4.69, 9.17) is 5.73 Å². The van der Waals surface area contributed by atoms with E-state index in [9.17, 15) is 8.42 Å². The molecule has 9 heteroatoms. The SMILES string of the molecule is Cc1ccc(-c2cc(N)n(S(=O)(=O)c3cccc4nsnc34)n2)cc1. The van der Waals surface area contributed by atoms with Crippen LogP contribution in [0.2, 0.25) is 0 Å². The van der Waals surface area contributed by atoms with Crippen molar-refractivity contribution in [1.29, 1.82) is 0 Å². The van der Waals surface area contributed by atoms with E-state index in [2.05, 4.69) is 13.8 Å². The Morgan fingerprint density at radius 1 is 1.08 bits per heavy atom. The molecule has 25 heavy (non-hydrogen) atoms. The van der Waals surface area contributed by atoms with Gasteiger partial charge in [0.1, 0.15) is 21.7 Å². The minimum Gasteiger partial charge on any atom is -0.383 e. The summed E-state index contributed by atoms with van der Waals surface area (Å²) in [5, 5.41) is 4.21. The van der Waals surface area contributed by atoms with Gasteiger partial charge in [-0.15, -0.1) is 4.09 Å². The van der Waals surface area contributed by atoms with Crippen molar-refractivity contribution in [3.63, 3.8) is 0 Å². The summed E-state index contributed by atoms with van der Waals surface area (Å²) in [4.78, 5) is 0.0315. The lowest BCUT2D eigenvalue weighted by Gasteiger charge is -2.06. The van der Waals surface area contributed by atoms with E-state index >= 15 is 0 Å². The minimum absolute atomic E-state index is 0.0315. The number of aryl methyl sites for hydroxylation is 1. The Morgan fingerprint density at radius 3 is 2.60 bits per heavy atom. The van der Waals surface area contributed by atoms with E-state index in [1.165, 1.54) is 6.07 Å². The van der Waals surface area contributed by atoms with Crippen LogP contribution in [-0.2, 0) is 10.0 Å². The Balaban J connectivity index is 1.87. The topological polar surface area (TPSA) is 104 Å². The van der Waals surface area contributed by atoms with Gasteiger partial charge in [0.2, 0.25) is 0 Å². The molecular formula is C16H13N5O2S2. The Bertz CT molecular complexity index is 1180. The fourth-order valence-electron chi connectivity index (χ4n) is 2.52. The number of benzene rings is 2. The Labute approximate surface area is 148 Å². The smallest absolute Gasteiger partial charge is 0.287 e. The number of anilines is 1. The summed E-state index contributed by atoms with van der Waals surface area (Å²) in [6, 6.07) is 14.0. The maximum Gasteiger partial charge on any atom is 0.287 e. The third kappa shape index (κ3) is 2.57. The van der Waals surface area contributed by atoms with Gasteiger partial charge in [-0.25, -0.2) is 0 Å². The molecule has 2 N–H and O–H groups in total. The molecule has 0 atom stereocenters. The molecule has 7 nitrogen and oxygen atoms in total. The maximum atomic E-state index is 13.0. The van der Waals surface area contributed by atoms with Crippen LogP contribution in [0.4, 0.5) is 5.82 Å². The van der Waals surface area contributed by atoms with Gasteiger partial charge in [-0.1, -0.05) is 35.9 Å². The van der Waals surface area contributed by atoms with Crippen molar-refractivity contribution in [2.45, 2.75) is 11.8 Å². The van der Waals surface area contributed by atoms with Gasteiger partial charge in [0.05, 0.1) is 17.4 Å². The highest BCUT2D eigenvalue weighted by Crippen LogP contribution is 2.27. The van der Waals surface area contributed by atoms with E-state index < -0.39 is 10.0 Å². The van der Waals surface area contributed by atoms with Gasteiger partial charge in [0, 0.05) is 11.6 Å². The Kier molecular flexibility index (Phi) is 3.55. The van der Waals surface area contributed by atoms with Crippen LogP contribution in [-0.4, -0.2) is 26.4 Å². The van der Waals surface area contributed by atoms with Crippen molar-refractivity contribution in [1.82, 2.24) is 17.9 Å². The summed E-state index contributed by atoms with van der Waals surface area (Å²) >= 11 is 0.961. The van der Waals surface area contributed by atoms with E-state index in [1.54, 1.807) is 18.2 Å². The zero-order valence-electron chi connectivity index (χ0n) is 13.1. The minimum atomic E-state index is -3.98. The molecule has 0 saturated heterocycles. The zero-order valence-corrected chi connectivity index (χ0v) is 14.8. The van der Waals surface area contributed by atoms with Crippen LogP contribution >= 0.6 is 11.7 Å². The molecule has 126 valence electrons. The molecule has 0 radical (unpaired) electrons. The molecule has 4 aromatic rings. The number of nitrogen functional groups attached to an aromatic ring is 1. The van der Waals surface area contributed by atoms with Gasteiger partial charge < -0.3 is 5.73 Å². The highest BCUT2D eigenvalue weighted by Gasteiger charge is 2.25. The fraction of sp³-hybridized carbons (Fsp3) is 0.0625. The molecule has 0 aliphatic heterocycles. The predicted octanol–water partition coefficient (Wildman–Crippen LogP) is 2.68. The summed E-state index contributed by atoms with van der Waals surface area (Å²) in [7, 11) is -3.98. The predicted molar refractivity (Wildman–Crippen MR) is 96.8 cm³/mol. The number of hydrogen-bond acceptors (Lipinski definition) is 7. The lowest BCUT2D eigenvalue weighted by atomic mass is 10.1. The van der Waals surface area contributed by atoms with Crippen molar-refractivity contribution >= 4 is 38.6 Å². The van der Waals surface area contributed by atoms with Crippen LogP contribution in [0.25, 0.3) is 22.3 Å². The summed E-state index contributed by atoms with van der Waals surface area (Å²) in [5.74, 6) is 0.0377. The number of nitrogens with two attached hydrogens (primary N) is 1. The molecule has 2 heterocycles. The third-order valence-corrected chi connectivity index (χ3v) is 5.98. The van der Waals surface area contributed by atoms with Gasteiger partial charge in [-0.3, -0.25) is 0 Å². The zero-order chi connectivity index (χ0) is 17.6. The monoisotopic (exact) mass is 371 g/mol. The fourth-order valence-corrected chi connectivity index (χ4v) is 4.48. The number of hydrogen-bond donors (Lipinski definition) is 1. The van der Waals surface area contributed by atoms with E-state index in [1.807, 2.05) is 31.2 Å². The number of aromatic nitrogens is 4. The van der Waals surface area contributed by atoms with E-state index in [0.29, 0.717) is 16.7 Å². The van der Waals surface area contributed by atoms with Gasteiger partial charge in [-0.05, 0) is 19.1 Å². The van der Waals surface area contributed by atoms with Crippen LogP contribution in [0.15, 0.2) is 53.4 Å². The molecule has 0 fully saturated rings. The van der Waals surface area contributed by atoms with Crippen LogP contribution in [0.3, 0.4) is 0 Å². The first kappa shape index (κ1) is 15.7. The molecule has 2 aromatic carbocycles. The maximum absolute atomic E-state index is 13.0. The molecule has 0 bridgehead atoms. The van der Waals surface area contributed by atoms with Gasteiger partial charge >= 0.3 is 0 Å². The first-order chi connectivity index (χ1) is 12.0. The van der Waals surface area contributed by atoms with E-state index in [0.717, 1.165) is 26.9 Å². The molecule has 0 saturated carbocycles. The number of fused-ring (bicyclic) bond motifs is 1. The van der Waals surface area contributed by atoms with Crippen LogP contribution in [0.1, 0.15) is 5.56 Å². The molecule has 4 rings (SSSR count). The van der Waals surface area contributed by atoms with Crippen LogP contribution in [0.5, 0.6) is 0 Å². The first-order valence-corrected chi connectivity index (χ1v) is 9.53. The van der Waals surface area contributed by atoms with Gasteiger partial charge in [-0.2, -0.15) is 22.3 Å². The van der Waals surface area contributed by atoms with Gasteiger partial charge in [0.25, 0.3) is 10.0 Å². The van der Waals surface area contributed by atoms with Crippen LogP contribution < -0.4 is 5.73 Å². The van der Waals surface area contributed by atoms with Crippen molar-refractivity contribution in [3.05, 3.63) is 54.1 Å². The average molecular weight is 371 g/mol. The summed E-state index contributed by atoms with van der Waals surface area (Å²) in [5.41, 5.74) is 9.17. The quantitative estimate of drug-likeness (QED) is 0.594. The average Bonchev–Trinajstić information content (AvgIpc) is 3.21. The molecule has 0 amide bonds. The third-order valence-electron chi connectivity index (χ3n) is 3.81. The second-order valence-electron chi connectivity index (χ2n) is 5.56. The molecule has 2 aromatic heterocycles. The van der Waals surface area contributed by atoms with Gasteiger partial charge in [0.15, 0.2) is 0 Å². The standard InChI is InChI=1S/C16H13N5O2S2/c1-10-5-7-11(8-6-10)13-9-15(17)21(18-13)25(22,23)14-4-2-3-12-16(14)20-24-19-12/h2-9H,17H2,1H3. The van der Waals surface area contributed by atoms with E-state index in [-0.39, 0.29) is 10.7 Å². The summed E-state index contributed by atoms with van der Waals surface area (Å²) in [6.07, 6.45) is 0. The molecule has 0 spiro atoms. The molecule has 0 aliphatic rings. The number of nitrogens with zero attached hydrogens (tertiary/aromatic N) is 4. The second kappa shape index (κ2) is 5.64. The lowest BCUT2D eigenvalue weighted by Crippen LogP contribution is -2.17. The lowest BCUT2D eigenvalue weighted by molar-refractivity contribution is 0.582. The molecule has 0 aliphatic carbocycles. The summed E-state index contributed by atoms with van der Waals surface area (Å²) in [6.45, 7) is 1.98.